The highest BCUT2D eigenvalue weighted by Crippen LogP contribution is 2.19. The van der Waals surface area contributed by atoms with E-state index in [4.69, 9.17) is 4.74 Å². The van der Waals surface area contributed by atoms with Gasteiger partial charge in [-0.2, -0.15) is 0 Å². The largest absolute Gasteiger partial charge is 0.491 e. The standard InChI is InChI=1S/C21H30N4O2/c1-4-22-21(24-14-12-18-7-5-6-13-23-18)25-15-20(26)17-8-10-19(11-9-17)27-16(2)3/h5-11,13,16,20,26H,4,12,14-15H2,1-3H3,(H2,22,24,25). The minimum Gasteiger partial charge on any atom is -0.491 e. The van der Waals surface area contributed by atoms with Crippen molar-refractivity contribution in [1.82, 2.24) is 15.6 Å². The minimum absolute atomic E-state index is 0.130. The SMILES string of the molecule is CCNC(=NCC(O)c1ccc(OC(C)C)cc1)NCCc1ccccn1. The maximum Gasteiger partial charge on any atom is 0.191 e. The number of pyridine rings is 1. The summed E-state index contributed by atoms with van der Waals surface area (Å²) in [6.45, 7) is 7.75. The average Bonchev–Trinajstić information content (AvgIpc) is 2.67. The van der Waals surface area contributed by atoms with Crippen molar-refractivity contribution >= 4 is 5.96 Å². The van der Waals surface area contributed by atoms with Crippen molar-refractivity contribution in [3.8, 4) is 5.75 Å². The van der Waals surface area contributed by atoms with Gasteiger partial charge in [0.2, 0.25) is 0 Å². The lowest BCUT2D eigenvalue weighted by Crippen LogP contribution is -2.38. The van der Waals surface area contributed by atoms with Crippen LogP contribution in [0.1, 0.15) is 38.1 Å². The highest BCUT2D eigenvalue weighted by Gasteiger charge is 2.08. The fourth-order valence-corrected chi connectivity index (χ4v) is 2.52. The molecule has 0 aliphatic rings. The van der Waals surface area contributed by atoms with Crippen LogP contribution >= 0.6 is 0 Å². The molecule has 27 heavy (non-hydrogen) atoms. The third-order valence-corrected chi connectivity index (χ3v) is 3.80. The zero-order valence-corrected chi connectivity index (χ0v) is 16.4. The van der Waals surface area contributed by atoms with Gasteiger partial charge in [-0.15, -0.1) is 0 Å². The van der Waals surface area contributed by atoms with Crippen molar-refractivity contribution in [2.24, 2.45) is 4.99 Å². The molecule has 0 saturated carbocycles. The molecule has 1 heterocycles. The van der Waals surface area contributed by atoms with Gasteiger partial charge in [-0.3, -0.25) is 9.98 Å². The first kappa shape index (κ1) is 20.7. The molecule has 6 heteroatoms. The Morgan fingerprint density at radius 1 is 1.15 bits per heavy atom. The van der Waals surface area contributed by atoms with Gasteiger partial charge in [0.15, 0.2) is 5.96 Å². The van der Waals surface area contributed by atoms with Crippen molar-refractivity contribution < 1.29 is 9.84 Å². The van der Waals surface area contributed by atoms with Crippen LogP contribution in [0.3, 0.4) is 0 Å². The summed E-state index contributed by atoms with van der Waals surface area (Å²) in [6, 6.07) is 13.4. The lowest BCUT2D eigenvalue weighted by Gasteiger charge is -2.14. The number of aliphatic imine (C=N–C) groups is 1. The first-order valence-electron chi connectivity index (χ1n) is 9.45. The summed E-state index contributed by atoms with van der Waals surface area (Å²) < 4.78 is 5.63. The van der Waals surface area contributed by atoms with E-state index in [-0.39, 0.29) is 12.6 Å². The van der Waals surface area contributed by atoms with Crippen LogP contribution in [-0.2, 0) is 6.42 Å². The molecule has 0 spiro atoms. The number of guanidine groups is 1. The lowest BCUT2D eigenvalue weighted by molar-refractivity contribution is 0.186. The minimum atomic E-state index is -0.663. The van der Waals surface area contributed by atoms with Gasteiger partial charge < -0.3 is 20.5 Å². The van der Waals surface area contributed by atoms with Crippen molar-refractivity contribution in [2.45, 2.75) is 39.4 Å². The van der Waals surface area contributed by atoms with Crippen LogP contribution in [0.25, 0.3) is 0 Å². The molecule has 1 atom stereocenters. The first-order valence-corrected chi connectivity index (χ1v) is 9.45. The molecule has 1 unspecified atom stereocenters. The van der Waals surface area contributed by atoms with E-state index in [0.29, 0.717) is 5.96 Å². The highest BCUT2D eigenvalue weighted by atomic mass is 16.5. The highest BCUT2D eigenvalue weighted by molar-refractivity contribution is 5.79. The fourth-order valence-electron chi connectivity index (χ4n) is 2.52. The zero-order valence-electron chi connectivity index (χ0n) is 16.4. The maximum atomic E-state index is 10.4. The Hall–Kier alpha value is -2.60. The molecule has 0 aliphatic heterocycles. The van der Waals surface area contributed by atoms with Crippen LogP contribution in [-0.4, -0.2) is 41.8 Å². The molecule has 6 nitrogen and oxygen atoms in total. The summed E-state index contributed by atoms with van der Waals surface area (Å²) in [5, 5.41) is 16.9. The molecule has 0 fully saturated rings. The molecule has 2 aromatic rings. The van der Waals surface area contributed by atoms with Gasteiger partial charge in [-0.05, 0) is 50.6 Å². The van der Waals surface area contributed by atoms with Crippen LogP contribution in [0.5, 0.6) is 5.75 Å². The molecular weight excluding hydrogens is 340 g/mol. The third kappa shape index (κ3) is 7.66. The van der Waals surface area contributed by atoms with Gasteiger partial charge in [0.25, 0.3) is 0 Å². The Balaban J connectivity index is 1.86. The summed E-state index contributed by atoms with van der Waals surface area (Å²) >= 11 is 0. The lowest BCUT2D eigenvalue weighted by atomic mass is 10.1. The van der Waals surface area contributed by atoms with E-state index >= 15 is 0 Å². The second-order valence-electron chi connectivity index (χ2n) is 6.47. The zero-order chi connectivity index (χ0) is 19.5. The number of nitrogens with zero attached hydrogens (tertiary/aromatic N) is 2. The summed E-state index contributed by atoms with van der Waals surface area (Å²) in [4.78, 5) is 8.79. The predicted molar refractivity (Wildman–Crippen MR) is 109 cm³/mol. The summed E-state index contributed by atoms with van der Waals surface area (Å²) in [6.07, 6.45) is 2.07. The monoisotopic (exact) mass is 370 g/mol. The fraction of sp³-hybridized carbons (Fsp3) is 0.429. The number of rotatable bonds is 9. The number of hydrogen-bond acceptors (Lipinski definition) is 4. The molecule has 0 amide bonds. The number of ether oxygens (including phenoxy) is 1. The number of aliphatic hydroxyl groups is 1. The first-order chi connectivity index (χ1) is 13.1. The maximum absolute atomic E-state index is 10.4. The van der Waals surface area contributed by atoms with E-state index in [1.807, 2.05) is 63.2 Å². The summed E-state index contributed by atoms with van der Waals surface area (Å²) in [5.74, 6) is 1.49. The molecule has 1 aromatic heterocycles. The van der Waals surface area contributed by atoms with E-state index in [1.54, 1.807) is 6.20 Å². The third-order valence-electron chi connectivity index (χ3n) is 3.80. The van der Waals surface area contributed by atoms with E-state index in [9.17, 15) is 5.11 Å². The second kappa shape index (κ2) is 11.2. The van der Waals surface area contributed by atoms with Crippen LogP contribution in [0.4, 0.5) is 0 Å². The molecule has 2 rings (SSSR count). The molecule has 1 aromatic carbocycles. The average molecular weight is 370 g/mol. The number of nitrogens with one attached hydrogen (secondary N) is 2. The van der Waals surface area contributed by atoms with Crippen molar-refractivity contribution in [3.05, 3.63) is 59.9 Å². The number of aliphatic hydroxyl groups excluding tert-OH is 1. The Labute approximate surface area is 161 Å². The normalized spacial score (nSPS) is 12.7. The topological polar surface area (TPSA) is 78.8 Å². The van der Waals surface area contributed by atoms with Gasteiger partial charge in [-0.1, -0.05) is 18.2 Å². The van der Waals surface area contributed by atoms with E-state index in [1.165, 1.54) is 0 Å². The Kier molecular flexibility index (Phi) is 8.58. The van der Waals surface area contributed by atoms with Gasteiger partial charge in [0.05, 0.1) is 18.8 Å². The van der Waals surface area contributed by atoms with Gasteiger partial charge >= 0.3 is 0 Å². The molecule has 0 bridgehead atoms. The van der Waals surface area contributed by atoms with Crippen LogP contribution in [0, 0.1) is 0 Å². The summed E-state index contributed by atoms with van der Waals surface area (Å²) in [5.41, 5.74) is 1.85. The van der Waals surface area contributed by atoms with Crippen LogP contribution in [0.15, 0.2) is 53.7 Å². The van der Waals surface area contributed by atoms with Crippen LogP contribution < -0.4 is 15.4 Å². The molecule has 146 valence electrons. The molecular formula is C21H30N4O2. The molecule has 0 saturated heterocycles. The Morgan fingerprint density at radius 2 is 1.93 bits per heavy atom. The van der Waals surface area contributed by atoms with Gasteiger partial charge in [-0.25, -0.2) is 0 Å². The Bertz CT molecular complexity index is 687. The Morgan fingerprint density at radius 3 is 2.56 bits per heavy atom. The summed E-state index contributed by atoms with van der Waals surface area (Å²) in [7, 11) is 0. The second-order valence-corrected chi connectivity index (χ2v) is 6.47. The van der Waals surface area contributed by atoms with Crippen LogP contribution in [0.2, 0.25) is 0 Å². The molecule has 0 aliphatic carbocycles. The van der Waals surface area contributed by atoms with Crippen molar-refractivity contribution in [1.29, 1.82) is 0 Å². The number of hydrogen-bond donors (Lipinski definition) is 3. The van der Waals surface area contributed by atoms with Crippen molar-refractivity contribution in [2.75, 3.05) is 19.6 Å². The van der Waals surface area contributed by atoms with Gasteiger partial charge in [0.1, 0.15) is 5.75 Å². The van der Waals surface area contributed by atoms with E-state index in [0.717, 1.165) is 36.5 Å². The smallest absolute Gasteiger partial charge is 0.191 e. The predicted octanol–water partition coefficient (Wildman–Crippen LogP) is 2.70. The van der Waals surface area contributed by atoms with E-state index < -0.39 is 6.10 Å². The number of benzene rings is 1. The van der Waals surface area contributed by atoms with Crippen molar-refractivity contribution in [3.63, 3.8) is 0 Å². The number of aromatic nitrogens is 1. The quantitative estimate of drug-likeness (QED) is 0.467. The van der Waals surface area contributed by atoms with Gasteiger partial charge in [0, 0.05) is 31.4 Å². The molecule has 0 radical (unpaired) electrons. The van der Waals surface area contributed by atoms with E-state index in [2.05, 4.69) is 20.6 Å². The molecule has 3 N–H and O–H groups in total.